The van der Waals surface area contributed by atoms with Gasteiger partial charge in [0.1, 0.15) is 5.54 Å². The number of nitrogens with two attached hydrogens (primary N) is 1. The molecule has 0 saturated carbocycles. The second-order valence-corrected chi connectivity index (χ2v) is 5.39. The number of aryl methyl sites for hydroxylation is 1. The van der Waals surface area contributed by atoms with E-state index < -0.39 is 5.54 Å². The Labute approximate surface area is 118 Å². The molecular weight excluding hydrogens is 254 g/mol. The molecule has 1 aromatic heterocycles. The molecule has 0 radical (unpaired) electrons. The van der Waals surface area contributed by atoms with Crippen molar-refractivity contribution in [3.05, 3.63) is 47.1 Å². The highest BCUT2D eigenvalue weighted by atomic mass is 16.5. The van der Waals surface area contributed by atoms with Crippen LogP contribution in [0.15, 0.2) is 28.8 Å². The van der Waals surface area contributed by atoms with Crippen LogP contribution in [-0.4, -0.2) is 23.4 Å². The van der Waals surface area contributed by atoms with Gasteiger partial charge in [-0.25, -0.2) is 0 Å². The molecule has 1 saturated heterocycles. The topological polar surface area (TPSA) is 74.2 Å². The van der Waals surface area contributed by atoms with E-state index in [0.717, 1.165) is 12.8 Å². The van der Waals surface area contributed by atoms with Gasteiger partial charge in [-0.2, -0.15) is 4.98 Å². The Morgan fingerprint density at radius 3 is 2.75 bits per heavy atom. The van der Waals surface area contributed by atoms with Gasteiger partial charge in [0, 0.05) is 19.6 Å². The van der Waals surface area contributed by atoms with Crippen LogP contribution in [0.1, 0.15) is 35.7 Å². The molecule has 0 bridgehead atoms. The zero-order chi connectivity index (χ0) is 14.0. The normalized spacial score (nSPS) is 18.1. The van der Waals surface area contributed by atoms with E-state index >= 15 is 0 Å². The van der Waals surface area contributed by atoms with Crippen LogP contribution in [0, 0.1) is 6.92 Å². The first kappa shape index (κ1) is 13.3. The monoisotopic (exact) mass is 273 g/mol. The molecular formula is C15H19N3O2. The van der Waals surface area contributed by atoms with E-state index in [-0.39, 0.29) is 0 Å². The lowest BCUT2D eigenvalue weighted by atomic mass is 9.91. The Bertz CT molecular complexity index is 588. The van der Waals surface area contributed by atoms with Gasteiger partial charge in [0.05, 0.1) is 0 Å². The van der Waals surface area contributed by atoms with Gasteiger partial charge in [-0.05, 0) is 30.9 Å². The van der Waals surface area contributed by atoms with Crippen molar-refractivity contribution in [1.29, 1.82) is 0 Å². The van der Waals surface area contributed by atoms with Crippen molar-refractivity contribution in [3.63, 3.8) is 0 Å². The zero-order valence-corrected chi connectivity index (χ0v) is 11.6. The standard InChI is InChI=1S/C15H19N3O2/c1-11-4-2-3-5-12(11)10-13-17-14(20-18-13)15(16)6-8-19-9-7-15/h2-5H,6-10,16H2,1H3. The number of benzene rings is 1. The molecule has 0 aliphatic carbocycles. The Morgan fingerprint density at radius 1 is 1.25 bits per heavy atom. The molecule has 0 atom stereocenters. The van der Waals surface area contributed by atoms with Gasteiger partial charge < -0.3 is 15.0 Å². The van der Waals surface area contributed by atoms with E-state index in [1.165, 1.54) is 11.1 Å². The van der Waals surface area contributed by atoms with Gasteiger partial charge in [0.15, 0.2) is 5.82 Å². The summed E-state index contributed by atoms with van der Waals surface area (Å²) in [6, 6.07) is 8.21. The fraction of sp³-hybridized carbons (Fsp3) is 0.467. The van der Waals surface area contributed by atoms with Crippen LogP contribution in [0.4, 0.5) is 0 Å². The van der Waals surface area contributed by atoms with Crippen LogP contribution in [-0.2, 0) is 16.7 Å². The molecule has 1 fully saturated rings. The Hall–Kier alpha value is -1.72. The largest absolute Gasteiger partial charge is 0.381 e. The molecule has 2 N–H and O–H groups in total. The SMILES string of the molecule is Cc1ccccc1Cc1noc(C2(N)CCOCC2)n1. The fourth-order valence-electron chi connectivity index (χ4n) is 2.46. The van der Waals surface area contributed by atoms with Crippen molar-refractivity contribution in [2.24, 2.45) is 5.73 Å². The van der Waals surface area contributed by atoms with E-state index in [1.807, 2.05) is 12.1 Å². The maximum atomic E-state index is 6.34. The van der Waals surface area contributed by atoms with E-state index in [2.05, 4.69) is 29.2 Å². The van der Waals surface area contributed by atoms with Crippen molar-refractivity contribution >= 4 is 0 Å². The van der Waals surface area contributed by atoms with Gasteiger partial charge in [0.25, 0.3) is 0 Å². The first-order chi connectivity index (χ1) is 9.67. The fourth-order valence-corrected chi connectivity index (χ4v) is 2.46. The molecule has 2 heterocycles. The molecule has 5 heteroatoms. The van der Waals surface area contributed by atoms with Crippen LogP contribution < -0.4 is 5.73 Å². The van der Waals surface area contributed by atoms with Crippen LogP contribution in [0.25, 0.3) is 0 Å². The lowest BCUT2D eigenvalue weighted by Crippen LogP contribution is -2.42. The van der Waals surface area contributed by atoms with Crippen molar-refractivity contribution < 1.29 is 9.26 Å². The number of nitrogens with zero attached hydrogens (tertiary/aromatic N) is 2. The summed E-state index contributed by atoms with van der Waals surface area (Å²) in [5.41, 5.74) is 8.24. The maximum absolute atomic E-state index is 6.34. The van der Waals surface area contributed by atoms with Gasteiger partial charge in [-0.15, -0.1) is 0 Å². The van der Waals surface area contributed by atoms with Gasteiger partial charge >= 0.3 is 0 Å². The number of aromatic nitrogens is 2. The molecule has 1 aromatic carbocycles. The minimum absolute atomic E-state index is 0.532. The lowest BCUT2D eigenvalue weighted by Gasteiger charge is -2.29. The highest BCUT2D eigenvalue weighted by molar-refractivity contribution is 5.28. The molecule has 5 nitrogen and oxygen atoms in total. The lowest BCUT2D eigenvalue weighted by molar-refractivity contribution is 0.0400. The van der Waals surface area contributed by atoms with Crippen molar-refractivity contribution in [2.45, 2.75) is 31.7 Å². The summed E-state index contributed by atoms with van der Waals surface area (Å²) in [6.07, 6.45) is 2.11. The Balaban J connectivity index is 1.78. The van der Waals surface area contributed by atoms with E-state index in [0.29, 0.717) is 31.3 Å². The van der Waals surface area contributed by atoms with Crippen LogP contribution in [0.3, 0.4) is 0 Å². The molecule has 106 valence electrons. The smallest absolute Gasteiger partial charge is 0.246 e. The van der Waals surface area contributed by atoms with Crippen molar-refractivity contribution in [3.8, 4) is 0 Å². The molecule has 1 aliphatic heterocycles. The quantitative estimate of drug-likeness (QED) is 0.925. The highest BCUT2D eigenvalue weighted by Crippen LogP contribution is 2.28. The molecule has 0 spiro atoms. The first-order valence-electron chi connectivity index (χ1n) is 6.92. The molecule has 1 aliphatic rings. The highest BCUT2D eigenvalue weighted by Gasteiger charge is 2.35. The second kappa shape index (κ2) is 5.34. The summed E-state index contributed by atoms with van der Waals surface area (Å²) in [6.45, 7) is 3.37. The summed E-state index contributed by atoms with van der Waals surface area (Å²) in [7, 11) is 0. The molecule has 0 unspecified atom stereocenters. The van der Waals surface area contributed by atoms with Crippen molar-refractivity contribution in [2.75, 3.05) is 13.2 Å². The van der Waals surface area contributed by atoms with Crippen LogP contribution in [0.5, 0.6) is 0 Å². The van der Waals surface area contributed by atoms with Gasteiger partial charge in [0.2, 0.25) is 5.89 Å². The predicted molar refractivity (Wildman–Crippen MR) is 74.2 cm³/mol. The number of hydrogen-bond donors (Lipinski definition) is 1. The average molecular weight is 273 g/mol. The van der Waals surface area contributed by atoms with Crippen LogP contribution >= 0.6 is 0 Å². The van der Waals surface area contributed by atoms with Crippen LogP contribution in [0.2, 0.25) is 0 Å². The molecule has 3 rings (SSSR count). The minimum Gasteiger partial charge on any atom is -0.381 e. The van der Waals surface area contributed by atoms with E-state index in [4.69, 9.17) is 15.0 Å². The minimum atomic E-state index is -0.533. The third kappa shape index (κ3) is 2.59. The summed E-state index contributed by atoms with van der Waals surface area (Å²) >= 11 is 0. The van der Waals surface area contributed by atoms with E-state index in [1.54, 1.807) is 0 Å². The second-order valence-electron chi connectivity index (χ2n) is 5.39. The maximum Gasteiger partial charge on any atom is 0.246 e. The van der Waals surface area contributed by atoms with Gasteiger partial charge in [-0.1, -0.05) is 29.4 Å². The summed E-state index contributed by atoms with van der Waals surface area (Å²) in [5.74, 6) is 1.22. The zero-order valence-electron chi connectivity index (χ0n) is 11.6. The molecule has 2 aromatic rings. The number of hydrogen-bond acceptors (Lipinski definition) is 5. The summed E-state index contributed by atoms with van der Waals surface area (Å²) in [4.78, 5) is 4.48. The van der Waals surface area contributed by atoms with Crippen molar-refractivity contribution in [1.82, 2.24) is 10.1 Å². The average Bonchev–Trinajstić information content (AvgIpc) is 2.92. The molecule has 0 amide bonds. The third-order valence-corrected chi connectivity index (χ3v) is 3.89. The number of ether oxygens (including phenoxy) is 1. The summed E-state index contributed by atoms with van der Waals surface area (Å²) in [5, 5.41) is 4.07. The first-order valence-corrected chi connectivity index (χ1v) is 6.92. The third-order valence-electron chi connectivity index (χ3n) is 3.89. The Kier molecular flexibility index (Phi) is 3.54. The van der Waals surface area contributed by atoms with E-state index in [9.17, 15) is 0 Å². The molecule has 20 heavy (non-hydrogen) atoms. The Morgan fingerprint density at radius 2 is 2.00 bits per heavy atom. The predicted octanol–water partition coefficient (Wildman–Crippen LogP) is 1.93. The summed E-state index contributed by atoms with van der Waals surface area (Å²) < 4.78 is 10.7. The van der Waals surface area contributed by atoms with Gasteiger partial charge in [-0.3, -0.25) is 0 Å². The number of rotatable bonds is 3.